The SMILES string of the molecule is COc1cc(CO[Si](C)(C)C(C)(C)C)c([N+](=O)[O-])cc1CC1=COC(C)(C)O1. The fraction of sp³-hybridized carbons (Fsp3) is 0.600. The molecule has 1 aromatic carbocycles. The first-order chi connectivity index (χ1) is 12.8. The van der Waals surface area contributed by atoms with Gasteiger partial charge in [0.1, 0.15) is 17.8 Å². The van der Waals surface area contributed by atoms with Gasteiger partial charge in [0.2, 0.25) is 5.79 Å². The normalized spacial score (nSPS) is 16.2. The Morgan fingerprint density at radius 2 is 1.86 bits per heavy atom. The molecule has 0 saturated heterocycles. The van der Waals surface area contributed by atoms with Gasteiger partial charge in [-0.05, 0) is 24.2 Å². The Morgan fingerprint density at radius 3 is 2.32 bits per heavy atom. The minimum atomic E-state index is -2.04. The minimum Gasteiger partial charge on any atom is -0.496 e. The second-order valence-corrected chi connectivity index (χ2v) is 13.8. The van der Waals surface area contributed by atoms with E-state index in [-0.39, 0.29) is 22.3 Å². The van der Waals surface area contributed by atoms with E-state index in [1.165, 1.54) is 0 Å². The third kappa shape index (κ3) is 5.05. The largest absolute Gasteiger partial charge is 0.496 e. The molecule has 7 nitrogen and oxygen atoms in total. The van der Waals surface area contributed by atoms with Crippen molar-refractivity contribution in [2.24, 2.45) is 0 Å². The number of ether oxygens (including phenoxy) is 3. The molecule has 2 rings (SSSR count). The van der Waals surface area contributed by atoms with Crippen molar-refractivity contribution < 1.29 is 23.6 Å². The van der Waals surface area contributed by atoms with Crippen LogP contribution in [0, 0.1) is 10.1 Å². The lowest BCUT2D eigenvalue weighted by Crippen LogP contribution is -2.40. The third-order valence-electron chi connectivity index (χ3n) is 5.29. The maximum absolute atomic E-state index is 11.7. The Balaban J connectivity index is 2.31. The van der Waals surface area contributed by atoms with Gasteiger partial charge in [0.25, 0.3) is 5.69 Å². The highest BCUT2D eigenvalue weighted by atomic mass is 28.4. The molecule has 0 unspecified atom stereocenters. The molecule has 1 aliphatic heterocycles. The number of rotatable bonds is 7. The highest BCUT2D eigenvalue weighted by Crippen LogP contribution is 2.39. The summed E-state index contributed by atoms with van der Waals surface area (Å²) < 4.78 is 22.8. The molecular weight excluding hydrogens is 378 g/mol. The van der Waals surface area contributed by atoms with Crippen LogP contribution in [0.5, 0.6) is 5.75 Å². The highest BCUT2D eigenvalue weighted by molar-refractivity contribution is 6.74. The average molecular weight is 410 g/mol. The average Bonchev–Trinajstić information content (AvgIpc) is 2.90. The number of nitrogens with zero attached hydrogens (tertiary/aromatic N) is 1. The Bertz CT molecular complexity index is 780. The lowest BCUT2D eigenvalue weighted by molar-refractivity contribution is -0.385. The van der Waals surface area contributed by atoms with E-state index in [0.717, 1.165) is 0 Å². The summed E-state index contributed by atoms with van der Waals surface area (Å²) >= 11 is 0. The Kier molecular flexibility index (Phi) is 6.15. The van der Waals surface area contributed by atoms with E-state index in [1.807, 2.05) is 0 Å². The van der Waals surface area contributed by atoms with Gasteiger partial charge in [-0.15, -0.1) is 0 Å². The molecular formula is C20H31NO6Si. The van der Waals surface area contributed by atoms with Gasteiger partial charge < -0.3 is 18.6 Å². The Hall–Kier alpha value is -2.06. The molecule has 1 aliphatic rings. The minimum absolute atomic E-state index is 0.0187. The molecule has 156 valence electrons. The second kappa shape index (κ2) is 7.75. The van der Waals surface area contributed by atoms with Crippen LogP contribution in [0.1, 0.15) is 45.7 Å². The number of benzene rings is 1. The molecule has 1 heterocycles. The van der Waals surface area contributed by atoms with Crippen molar-refractivity contribution >= 4 is 14.0 Å². The summed E-state index contributed by atoms with van der Waals surface area (Å²) in [6, 6.07) is 3.24. The van der Waals surface area contributed by atoms with Crippen molar-refractivity contribution in [1.82, 2.24) is 0 Å². The van der Waals surface area contributed by atoms with Crippen molar-refractivity contribution in [3.05, 3.63) is 45.4 Å². The Morgan fingerprint density at radius 1 is 1.21 bits per heavy atom. The van der Waals surface area contributed by atoms with Crippen LogP contribution in [0.4, 0.5) is 5.69 Å². The summed E-state index contributed by atoms with van der Waals surface area (Å²) in [5.41, 5.74) is 1.19. The lowest BCUT2D eigenvalue weighted by atomic mass is 10.0. The molecule has 0 aliphatic carbocycles. The summed E-state index contributed by atoms with van der Waals surface area (Å²) in [6.07, 6.45) is 1.89. The zero-order valence-electron chi connectivity index (χ0n) is 18.0. The first kappa shape index (κ1) is 22.2. The first-order valence-electron chi connectivity index (χ1n) is 9.30. The third-order valence-corrected chi connectivity index (χ3v) is 9.77. The predicted octanol–water partition coefficient (Wildman–Crippen LogP) is 5.29. The number of hydrogen-bond donors (Lipinski definition) is 0. The highest BCUT2D eigenvalue weighted by Gasteiger charge is 2.37. The fourth-order valence-electron chi connectivity index (χ4n) is 2.58. The van der Waals surface area contributed by atoms with E-state index in [1.54, 1.807) is 39.4 Å². The van der Waals surface area contributed by atoms with E-state index in [9.17, 15) is 10.1 Å². The van der Waals surface area contributed by atoms with E-state index < -0.39 is 14.1 Å². The standard InChI is InChI=1S/C20H31NO6Si/c1-19(2,3)28(7,8)26-12-15-11-18(24-6)14(10-17(15)21(22)23)9-16-13-25-20(4,5)27-16/h10-11,13H,9,12H2,1-8H3. The van der Waals surface area contributed by atoms with E-state index in [2.05, 4.69) is 33.9 Å². The molecule has 28 heavy (non-hydrogen) atoms. The topological polar surface area (TPSA) is 80.1 Å². The zero-order valence-corrected chi connectivity index (χ0v) is 19.0. The Labute approximate surface area is 167 Å². The van der Waals surface area contributed by atoms with Gasteiger partial charge in [-0.25, -0.2) is 0 Å². The van der Waals surface area contributed by atoms with Gasteiger partial charge in [-0.2, -0.15) is 0 Å². The second-order valence-electron chi connectivity index (χ2n) is 8.98. The van der Waals surface area contributed by atoms with E-state index in [4.69, 9.17) is 18.6 Å². The maximum Gasteiger partial charge on any atom is 0.275 e. The van der Waals surface area contributed by atoms with E-state index >= 15 is 0 Å². The summed E-state index contributed by atoms with van der Waals surface area (Å²) in [6.45, 7) is 14.4. The summed E-state index contributed by atoms with van der Waals surface area (Å²) in [5, 5.41) is 11.7. The van der Waals surface area contributed by atoms with Crippen LogP contribution in [0.15, 0.2) is 24.2 Å². The quantitative estimate of drug-likeness (QED) is 0.346. The van der Waals surface area contributed by atoms with Gasteiger partial charge in [0.15, 0.2) is 8.32 Å². The van der Waals surface area contributed by atoms with Crippen molar-refractivity contribution in [3.63, 3.8) is 0 Å². The predicted molar refractivity (Wildman–Crippen MR) is 110 cm³/mol. The molecule has 0 radical (unpaired) electrons. The van der Waals surface area contributed by atoms with E-state index in [0.29, 0.717) is 29.1 Å². The van der Waals surface area contributed by atoms with Crippen LogP contribution < -0.4 is 4.74 Å². The van der Waals surface area contributed by atoms with Crippen molar-refractivity contribution in [2.45, 2.75) is 71.6 Å². The van der Waals surface area contributed by atoms with Crippen LogP contribution in [0.25, 0.3) is 0 Å². The zero-order chi connectivity index (χ0) is 21.3. The van der Waals surface area contributed by atoms with Crippen molar-refractivity contribution in [3.8, 4) is 5.75 Å². The molecule has 0 spiro atoms. The lowest BCUT2D eigenvalue weighted by Gasteiger charge is -2.36. The number of allylic oxidation sites excluding steroid dienone is 1. The molecule has 0 aromatic heterocycles. The van der Waals surface area contributed by atoms with Crippen LogP contribution >= 0.6 is 0 Å². The van der Waals surface area contributed by atoms with Gasteiger partial charge in [-0.3, -0.25) is 10.1 Å². The maximum atomic E-state index is 11.7. The smallest absolute Gasteiger partial charge is 0.275 e. The molecule has 0 amide bonds. The van der Waals surface area contributed by atoms with Crippen LogP contribution in [0.3, 0.4) is 0 Å². The number of hydrogen-bond acceptors (Lipinski definition) is 6. The van der Waals surface area contributed by atoms with Crippen molar-refractivity contribution in [1.29, 1.82) is 0 Å². The molecule has 8 heteroatoms. The summed E-state index contributed by atoms with van der Waals surface area (Å²) in [7, 11) is -0.492. The van der Waals surface area contributed by atoms with Crippen LogP contribution in [-0.4, -0.2) is 26.1 Å². The van der Waals surface area contributed by atoms with Gasteiger partial charge >= 0.3 is 0 Å². The first-order valence-corrected chi connectivity index (χ1v) is 12.2. The molecule has 0 bridgehead atoms. The number of methoxy groups -OCH3 is 1. The summed E-state index contributed by atoms with van der Waals surface area (Å²) in [5.74, 6) is 0.433. The number of nitro benzene ring substituents is 1. The fourth-order valence-corrected chi connectivity index (χ4v) is 3.53. The molecule has 1 aromatic rings. The summed E-state index contributed by atoms with van der Waals surface area (Å²) in [4.78, 5) is 11.3. The molecule has 0 atom stereocenters. The molecule has 0 N–H and O–H groups in total. The monoisotopic (exact) mass is 409 g/mol. The van der Waals surface area contributed by atoms with Gasteiger partial charge in [0, 0.05) is 31.9 Å². The van der Waals surface area contributed by atoms with Crippen LogP contribution in [0.2, 0.25) is 18.1 Å². The van der Waals surface area contributed by atoms with Gasteiger partial charge in [-0.1, -0.05) is 20.8 Å². The van der Waals surface area contributed by atoms with Crippen molar-refractivity contribution in [2.75, 3.05) is 7.11 Å². The molecule has 0 saturated carbocycles. The van der Waals surface area contributed by atoms with Gasteiger partial charge in [0.05, 0.1) is 24.2 Å². The molecule has 0 fully saturated rings. The number of nitro groups is 1. The van der Waals surface area contributed by atoms with Crippen LogP contribution in [-0.2, 0) is 26.9 Å².